The Kier molecular flexibility index (Phi) is 7.67. The summed E-state index contributed by atoms with van der Waals surface area (Å²) >= 11 is 1.67. The number of carbonyl (C=O) groups excluding carboxylic acids is 1. The third-order valence-electron chi connectivity index (χ3n) is 7.03. The van der Waals surface area contributed by atoms with Crippen molar-refractivity contribution in [1.82, 2.24) is 4.90 Å². The molecule has 3 aliphatic heterocycles. The van der Waals surface area contributed by atoms with Crippen LogP contribution >= 0.6 is 11.3 Å². The molecule has 168 valence electrons. The number of hydrogen-bond donors (Lipinski definition) is 0. The van der Waals surface area contributed by atoms with Gasteiger partial charge in [-0.2, -0.15) is 11.3 Å². The first-order valence-corrected chi connectivity index (χ1v) is 12.9. The first kappa shape index (κ1) is 22.3. The van der Waals surface area contributed by atoms with Crippen LogP contribution in [0.2, 0.25) is 0 Å². The molecule has 3 saturated heterocycles. The van der Waals surface area contributed by atoms with Crippen molar-refractivity contribution in [2.24, 2.45) is 5.92 Å². The molecule has 1 amide bonds. The first-order chi connectivity index (χ1) is 15.2. The van der Waals surface area contributed by atoms with Crippen molar-refractivity contribution in [1.29, 1.82) is 0 Å². The molecule has 2 aromatic rings. The lowest BCUT2D eigenvalue weighted by atomic mass is 9.72. The molecule has 0 radical (unpaired) electrons. The highest BCUT2D eigenvalue weighted by Gasteiger charge is 2.49. The summed E-state index contributed by atoms with van der Waals surface area (Å²) in [7, 11) is 0. The van der Waals surface area contributed by atoms with E-state index in [1.165, 1.54) is 25.7 Å². The van der Waals surface area contributed by atoms with E-state index in [-0.39, 0.29) is 11.7 Å². The number of carbonyl (C=O) groups is 1. The van der Waals surface area contributed by atoms with Crippen LogP contribution in [0.3, 0.4) is 0 Å². The quantitative estimate of drug-likeness (QED) is 0.385. The van der Waals surface area contributed by atoms with E-state index in [1.54, 1.807) is 11.3 Å². The summed E-state index contributed by atoms with van der Waals surface area (Å²) in [6, 6.07) is 12.1. The summed E-state index contributed by atoms with van der Waals surface area (Å²) in [5, 5.41) is 4.18. The van der Waals surface area contributed by atoms with Crippen LogP contribution < -0.4 is 4.90 Å². The minimum absolute atomic E-state index is 0.195. The molecule has 31 heavy (non-hydrogen) atoms. The number of ether oxygens (including phenoxy) is 1. The van der Waals surface area contributed by atoms with E-state index in [2.05, 4.69) is 28.7 Å². The number of anilines is 1. The zero-order chi connectivity index (χ0) is 21.5. The van der Waals surface area contributed by atoms with Crippen LogP contribution in [0.25, 0.3) is 0 Å². The van der Waals surface area contributed by atoms with Crippen molar-refractivity contribution in [3.8, 4) is 0 Å². The van der Waals surface area contributed by atoms with Crippen molar-refractivity contribution >= 4 is 23.1 Å². The molecule has 2 bridgehead atoms. The normalized spacial score (nSPS) is 24.8. The molecule has 3 aliphatic rings. The molecular weight excluding hydrogens is 404 g/mol. The van der Waals surface area contributed by atoms with Crippen LogP contribution in [0.4, 0.5) is 10.5 Å². The van der Waals surface area contributed by atoms with Crippen molar-refractivity contribution in [3.05, 3.63) is 52.7 Å². The van der Waals surface area contributed by atoms with E-state index in [4.69, 9.17) is 4.74 Å². The van der Waals surface area contributed by atoms with Gasteiger partial charge < -0.3 is 4.74 Å². The zero-order valence-corrected chi connectivity index (χ0v) is 19.6. The van der Waals surface area contributed by atoms with Gasteiger partial charge in [0.25, 0.3) is 0 Å². The molecule has 0 N–H and O–H groups in total. The second-order valence-electron chi connectivity index (χ2n) is 9.20. The van der Waals surface area contributed by atoms with Gasteiger partial charge in [0.05, 0.1) is 6.54 Å². The van der Waals surface area contributed by atoms with Crippen molar-refractivity contribution in [3.63, 3.8) is 0 Å². The molecule has 0 saturated carbocycles. The van der Waals surface area contributed by atoms with Crippen molar-refractivity contribution in [2.75, 3.05) is 24.5 Å². The zero-order valence-electron chi connectivity index (χ0n) is 18.8. The van der Waals surface area contributed by atoms with Crippen molar-refractivity contribution < 1.29 is 9.53 Å². The summed E-state index contributed by atoms with van der Waals surface area (Å²) in [4.78, 5) is 18.0. The van der Waals surface area contributed by atoms with E-state index in [1.807, 2.05) is 35.2 Å². The van der Waals surface area contributed by atoms with Crippen LogP contribution in [-0.2, 0) is 11.3 Å². The van der Waals surface area contributed by atoms with Gasteiger partial charge in [-0.05, 0) is 73.3 Å². The highest BCUT2D eigenvalue weighted by atomic mass is 32.1. The number of para-hydroxylation sites is 1. The number of benzene rings is 1. The predicted molar refractivity (Wildman–Crippen MR) is 129 cm³/mol. The largest absolute Gasteiger partial charge is 0.441 e. The molecule has 1 atom stereocenters. The average Bonchev–Trinajstić information content (AvgIpc) is 3.32. The highest BCUT2D eigenvalue weighted by molar-refractivity contribution is 7.07. The lowest BCUT2D eigenvalue weighted by Crippen LogP contribution is -2.61. The van der Waals surface area contributed by atoms with Gasteiger partial charge in [-0.1, -0.05) is 50.8 Å². The second kappa shape index (κ2) is 10.6. The van der Waals surface area contributed by atoms with Gasteiger partial charge >= 0.3 is 6.09 Å². The molecule has 4 heterocycles. The van der Waals surface area contributed by atoms with Gasteiger partial charge in [0.1, 0.15) is 5.60 Å². The molecule has 1 aromatic heterocycles. The van der Waals surface area contributed by atoms with Crippen LogP contribution in [0, 0.1) is 5.92 Å². The maximum Gasteiger partial charge on any atom is 0.415 e. The van der Waals surface area contributed by atoms with Gasteiger partial charge in [0.15, 0.2) is 0 Å². The topological polar surface area (TPSA) is 32.8 Å². The van der Waals surface area contributed by atoms with Crippen molar-refractivity contribution in [2.45, 2.75) is 70.4 Å². The Morgan fingerprint density at radius 1 is 1.13 bits per heavy atom. The predicted octanol–water partition coefficient (Wildman–Crippen LogP) is 6.72. The van der Waals surface area contributed by atoms with E-state index >= 15 is 0 Å². The summed E-state index contributed by atoms with van der Waals surface area (Å²) < 4.78 is 6.53. The van der Waals surface area contributed by atoms with Gasteiger partial charge in [-0.25, -0.2) is 4.79 Å². The molecule has 4 nitrogen and oxygen atoms in total. The Hall–Kier alpha value is -1.85. The summed E-state index contributed by atoms with van der Waals surface area (Å²) in [5.74, 6) is 0.492. The number of nitrogens with zero attached hydrogens (tertiary/aromatic N) is 2. The number of piperidine rings is 3. The second-order valence-corrected chi connectivity index (χ2v) is 9.98. The van der Waals surface area contributed by atoms with Crippen LogP contribution in [-0.4, -0.2) is 36.2 Å². The lowest BCUT2D eigenvalue weighted by Gasteiger charge is -2.52. The average molecular weight is 441 g/mol. The molecule has 0 spiro atoms. The number of fused-ring (bicyclic) bond motifs is 3. The van der Waals surface area contributed by atoms with E-state index < -0.39 is 0 Å². The Morgan fingerprint density at radius 3 is 2.55 bits per heavy atom. The number of thiophene rings is 1. The molecule has 0 aliphatic carbocycles. The molecule has 5 rings (SSSR count). The Bertz CT molecular complexity index is 802. The minimum Gasteiger partial charge on any atom is -0.441 e. The highest BCUT2D eigenvalue weighted by Crippen LogP contribution is 2.42. The lowest BCUT2D eigenvalue weighted by molar-refractivity contribution is -0.119. The summed E-state index contributed by atoms with van der Waals surface area (Å²) in [5.41, 5.74) is 1.72. The summed E-state index contributed by atoms with van der Waals surface area (Å²) in [6.45, 7) is 6.00. The van der Waals surface area contributed by atoms with Crippen LogP contribution in [0.15, 0.2) is 47.2 Å². The molecular formula is C26H36N2O2S. The van der Waals surface area contributed by atoms with Gasteiger partial charge in [0, 0.05) is 18.2 Å². The van der Waals surface area contributed by atoms with Gasteiger partial charge in [-0.3, -0.25) is 9.80 Å². The first-order valence-electron chi connectivity index (χ1n) is 12.0. The fourth-order valence-corrected chi connectivity index (χ4v) is 5.93. The third-order valence-corrected chi connectivity index (χ3v) is 7.76. The number of hydrogen-bond acceptors (Lipinski definition) is 4. The Morgan fingerprint density at radius 2 is 1.90 bits per heavy atom. The SMILES string of the molecule is CCCCCCC[C@]1(OC(=O)N(Cc2ccsc2)c2ccccc2)CN2CCC1CC2. The van der Waals surface area contributed by atoms with Crippen LogP contribution in [0.1, 0.15) is 63.9 Å². The monoisotopic (exact) mass is 440 g/mol. The standard InChI is InChI=1S/C26H36N2O2S/c1-2-3-4-5-9-15-26(21-27-16-12-23(26)13-17-27)30-25(29)28(19-22-14-18-31-20-22)24-10-7-6-8-11-24/h6-8,10-11,14,18,20,23H,2-5,9,12-13,15-17,19,21H2,1H3/t26-/m0/s1. The third kappa shape index (κ3) is 5.50. The maximum absolute atomic E-state index is 13.6. The van der Waals surface area contributed by atoms with E-state index in [0.717, 1.165) is 56.6 Å². The van der Waals surface area contributed by atoms with Crippen LogP contribution in [0.5, 0.6) is 0 Å². The van der Waals surface area contributed by atoms with Gasteiger partial charge in [0.2, 0.25) is 0 Å². The number of amides is 1. The van der Waals surface area contributed by atoms with E-state index in [9.17, 15) is 4.79 Å². The molecule has 0 unspecified atom stereocenters. The van der Waals surface area contributed by atoms with Gasteiger partial charge in [-0.15, -0.1) is 0 Å². The number of rotatable bonds is 10. The van der Waals surface area contributed by atoms with E-state index in [0.29, 0.717) is 12.5 Å². The summed E-state index contributed by atoms with van der Waals surface area (Å²) in [6.07, 6.45) is 9.31. The fourth-order valence-electron chi connectivity index (χ4n) is 5.27. The Balaban J connectivity index is 1.51. The number of unbranched alkanes of at least 4 members (excludes halogenated alkanes) is 4. The Labute approximate surface area is 191 Å². The molecule has 3 fully saturated rings. The fraction of sp³-hybridized carbons (Fsp3) is 0.577. The minimum atomic E-state index is -0.332. The maximum atomic E-state index is 13.6. The smallest absolute Gasteiger partial charge is 0.415 e. The molecule has 1 aromatic carbocycles. The molecule has 5 heteroatoms.